The number of hydrogen-bond donors (Lipinski definition) is 0. The number of nitrogens with zero attached hydrogens (tertiary/aromatic N) is 3. The van der Waals surface area contributed by atoms with Crippen LogP contribution in [-0.2, 0) is 6.61 Å². The van der Waals surface area contributed by atoms with Crippen molar-refractivity contribution >= 4 is 32.8 Å². The lowest BCUT2D eigenvalue weighted by molar-refractivity contribution is 0.307. The molecular formula is C27H25N3O4S. The number of methoxy groups -OCH3 is 2. The summed E-state index contributed by atoms with van der Waals surface area (Å²) in [4.78, 5) is 5.37. The van der Waals surface area contributed by atoms with Gasteiger partial charge in [-0.1, -0.05) is 24.3 Å². The zero-order valence-electron chi connectivity index (χ0n) is 19.6. The Balaban J connectivity index is 1.30. The van der Waals surface area contributed by atoms with Crippen LogP contribution >= 0.6 is 11.3 Å². The molecule has 0 bridgehead atoms. The highest BCUT2D eigenvalue weighted by atomic mass is 32.1. The molecule has 178 valence electrons. The fraction of sp³-hybridized carbons (Fsp3) is 0.259. The molecule has 0 spiro atoms. The van der Waals surface area contributed by atoms with Crippen molar-refractivity contribution < 1.29 is 18.6 Å². The van der Waals surface area contributed by atoms with Crippen molar-refractivity contribution in [3.05, 3.63) is 65.9 Å². The van der Waals surface area contributed by atoms with Gasteiger partial charge in [0.05, 0.1) is 25.8 Å². The minimum atomic E-state index is 0.452. The predicted octanol–water partition coefficient (Wildman–Crippen LogP) is 6.76. The summed E-state index contributed by atoms with van der Waals surface area (Å²) >= 11 is 1.37. The van der Waals surface area contributed by atoms with Gasteiger partial charge in [0, 0.05) is 12.1 Å². The molecule has 35 heavy (non-hydrogen) atoms. The molecular weight excluding hydrogens is 462 g/mol. The molecule has 0 atom stereocenters. The maximum atomic E-state index is 6.30. The minimum absolute atomic E-state index is 0.452. The van der Waals surface area contributed by atoms with E-state index in [0.29, 0.717) is 40.3 Å². The second kappa shape index (κ2) is 9.11. The standard InChI is InChI=1S/C27H25N3O4S/c1-31-20-12-23(33-16-17-7-6-10-19(11-17)18-8-4-3-5-9-18)21-14-25(34-24(21)13-20)22-15-30-26(28-22)35-27(29-30)32-2/h6-8,10-15H,3-5,9,16H2,1-2H3. The van der Waals surface area contributed by atoms with Crippen LogP contribution in [0.15, 0.2) is 59.2 Å². The van der Waals surface area contributed by atoms with E-state index in [2.05, 4.69) is 40.4 Å². The Bertz CT molecular complexity index is 1510. The van der Waals surface area contributed by atoms with Gasteiger partial charge in [-0.25, -0.2) is 9.50 Å². The van der Waals surface area contributed by atoms with Crippen LogP contribution in [0.3, 0.4) is 0 Å². The third-order valence-corrected chi connectivity index (χ3v) is 7.13. The predicted molar refractivity (Wildman–Crippen MR) is 136 cm³/mol. The Morgan fingerprint density at radius 1 is 1.09 bits per heavy atom. The van der Waals surface area contributed by atoms with Crippen LogP contribution in [0.25, 0.3) is 33.0 Å². The Morgan fingerprint density at radius 2 is 2.03 bits per heavy atom. The Labute approximate surface area is 206 Å². The van der Waals surface area contributed by atoms with Crippen LogP contribution < -0.4 is 14.2 Å². The molecule has 3 aromatic heterocycles. The van der Waals surface area contributed by atoms with Crippen LogP contribution in [0.2, 0.25) is 0 Å². The first-order valence-corrected chi connectivity index (χ1v) is 12.4. The molecule has 0 amide bonds. The van der Waals surface area contributed by atoms with Crippen LogP contribution in [0, 0.1) is 0 Å². The van der Waals surface area contributed by atoms with E-state index in [1.165, 1.54) is 41.7 Å². The molecule has 0 unspecified atom stereocenters. The molecule has 0 radical (unpaired) electrons. The summed E-state index contributed by atoms with van der Waals surface area (Å²) in [5.41, 5.74) is 5.23. The van der Waals surface area contributed by atoms with Crippen molar-refractivity contribution in [1.82, 2.24) is 14.6 Å². The first kappa shape index (κ1) is 21.7. The van der Waals surface area contributed by atoms with Gasteiger partial charge >= 0.3 is 0 Å². The lowest BCUT2D eigenvalue weighted by Gasteiger charge is -2.14. The van der Waals surface area contributed by atoms with E-state index >= 15 is 0 Å². The maximum Gasteiger partial charge on any atom is 0.294 e. The minimum Gasteiger partial charge on any atom is -0.496 e. The lowest BCUT2D eigenvalue weighted by Crippen LogP contribution is -1.98. The Morgan fingerprint density at radius 3 is 2.83 bits per heavy atom. The smallest absolute Gasteiger partial charge is 0.294 e. The van der Waals surface area contributed by atoms with Gasteiger partial charge < -0.3 is 18.6 Å². The van der Waals surface area contributed by atoms with Gasteiger partial charge in [-0.15, -0.1) is 5.10 Å². The van der Waals surface area contributed by atoms with Crippen LogP contribution in [0.5, 0.6) is 16.7 Å². The largest absolute Gasteiger partial charge is 0.496 e. The molecule has 0 N–H and O–H groups in total. The third-order valence-electron chi connectivity index (χ3n) is 6.24. The van der Waals surface area contributed by atoms with Gasteiger partial charge in [-0.05, 0) is 65.9 Å². The van der Waals surface area contributed by atoms with Crippen molar-refractivity contribution in [3.63, 3.8) is 0 Å². The van der Waals surface area contributed by atoms with Gasteiger partial charge in [0.1, 0.15) is 29.4 Å². The number of allylic oxidation sites excluding steroid dienone is 2. The molecule has 1 aliphatic rings. The number of furan rings is 1. The number of fused-ring (bicyclic) bond motifs is 2. The van der Waals surface area contributed by atoms with E-state index in [4.69, 9.17) is 18.6 Å². The summed E-state index contributed by atoms with van der Waals surface area (Å²) in [5.74, 6) is 2.02. The molecule has 7 nitrogen and oxygen atoms in total. The zero-order valence-corrected chi connectivity index (χ0v) is 20.4. The van der Waals surface area contributed by atoms with Crippen molar-refractivity contribution in [2.45, 2.75) is 32.3 Å². The second-order valence-corrected chi connectivity index (χ2v) is 9.46. The number of imidazole rings is 1. The number of benzene rings is 2. The first-order chi connectivity index (χ1) is 17.2. The summed E-state index contributed by atoms with van der Waals surface area (Å²) in [6, 6.07) is 14.3. The van der Waals surface area contributed by atoms with E-state index in [0.717, 1.165) is 22.3 Å². The summed E-state index contributed by atoms with van der Waals surface area (Å²) < 4.78 is 24.8. The van der Waals surface area contributed by atoms with Gasteiger partial charge in [0.25, 0.3) is 5.19 Å². The number of rotatable bonds is 7. The molecule has 5 aromatic rings. The molecule has 0 saturated heterocycles. The molecule has 1 aliphatic carbocycles. The van der Waals surface area contributed by atoms with Gasteiger partial charge in [-0.3, -0.25) is 0 Å². The topological polar surface area (TPSA) is 71.0 Å². The van der Waals surface area contributed by atoms with Crippen LogP contribution in [-0.4, -0.2) is 28.8 Å². The van der Waals surface area contributed by atoms with Crippen molar-refractivity contribution in [3.8, 4) is 28.1 Å². The second-order valence-electron chi connectivity index (χ2n) is 8.54. The summed E-state index contributed by atoms with van der Waals surface area (Å²) in [5, 5.41) is 5.77. The highest BCUT2D eigenvalue weighted by Gasteiger charge is 2.17. The Hall–Kier alpha value is -3.78. The first-order valence-electron chi connectivity index (χ1n) is 11.6. The average molecular weight is 488 g/mol. The molecule has 8 heteroatoms. The van der Waals surface area contributed by atoms with Crippen molar-refractivity contribution in [1.29, 1.82) is 0 Å². The number of aromatic nitrogens is 3. The van der Waals surface area contributed by atoms with E-state index in [-0.39, 0.29) is 0 Å². The quantitative estimate of drug-likeness (QED) is 0.253. The van der Waals surface area contributed by atoms with Crippen molar-refractivity contribution in [2.75, 3.05) is 14.2 Å². The fourth-order valence-electron chi connectivity index (χ4n) is 4.45. The monoisotopic (exact) mass is 487 g/mol. The van der Waals surface area contributed by atoms with E-state index in [1.54, 1.807) is 18.7 Å². The summed E-state index contributed by atoms with van der Waals surface area (Å²) in [6.07, 6.45) is 9.05. The molecule has 2 aromatic carbocycles. The molecule has 3 heterocycles. The maximum absolute atomic E-state index is 6.30. The summed E-state index contributed by atoms with van der Waals surface area (Å²) in [7, 11) is 3.23. The molecule has 6 rings (SSSR count). The SMILES string of the molecule is COc1cc(OCc2cccc(C3=CCCCC3)c2)c2cc(-c3cn4nc(OC)sc4n3)oc2c1. The van der Waals surface area contributed by atoms with Gasteiger partial charge in [-0.2, -0.15) is 0 Å². The van der Waals surface area contributed by atoms with E-state index < -0.39 is 0 Å². The highest BCUT2D eigenvalue weighted by molar-refractivity contribution is 7.18. The third kappa shape index (κ3) is 4.25. The Kier molecular flexibility index (Phi) is 5.66. The molecule has 0 fully saturated rings. The van der Waals surface area contributed by atoms with Crippen LogP contribution in [0.4, 0.5) is 0 Å². The average Bonchev–Trinajstić information content (AvgIpc) is 3.60. The van der Waals surface area contributed by atoms with Crippen molar-refractivity contribution in [2.24, 2.45) is 0 Å². The van der Waals surface area contributed by atoms with E-state index in [9.17, 15) is 0 Å². The lowest BCUT2D eigenvalue weighted by atomic mass is 9.93. The normalized spacial score (nSPS) is 13.8. The van der Waals surface area contributed by atoms with Gasteiger partial charge in [0.2, 0.25) is 4.96 Å². The fourth-order valence-corrected chi connectivity index (χ4v) is 5.15. The van der Waals surface area contributed by atoms with E-state index in [1.807, 2.05) is 24.4 Å². The van der Waals surface area contributed by atoms with Gasteiger partial charge in [0.15, 0.2) is 5.76 Å². The zero-order chi connectivity index (χ0) is 23.8. The molecule has 0 saturated carbocycles. The number of hydrogen-bond acceptors (Lipinski definition) is 7. The molecule has 0 aliphatic heterocycles. The van der Waals surface area contributed by atoms with Crippen LogP contribution in [0.1, 0.15) is 36.8 Å². The highest BCUT2D eigenvalue weighted by Crippen LogP contribution is 2.38. The summed E-state index contributed by atoms with van der Waals surface area (Å²) in [6.45, 7) is 0.452. The number of ether oxygens (including phenoxy) is 3.